The third kappa shape index (κ3) is 7.08. The number of amides is 1. The molecule has 2 aromatic carbocycles. The number of carbonyl (C=O) groups is 1. The van der Waals surface area contributed by atoms with E-state index in [2.05, 4.69) is 10.2 Å². The fourth-order valence-electron chi connectivity index (χ4n) is 4.29. The molecule has 0 aromatic heterocycles. The molecule has 200 valence electrons. The van der Waals surface area contributed by atoms with Crippen LogP contribution in [0.2, 0.25) is 0 Å². The number of anilines is 1. The van der Waals surface area contributed by atoms with Crippen molar-refractivity contribution in [1.82, 2.24) is 10.2 Å². The SMILES string of the molecule is COc1cc(O)c(C(=N)N(C(=N)C(=O)NC(C)C)c2cccc(CCN3CCOCC3)c2)cc1C(C)C. The van der Waals surface area contributed by atoms with Gasteiger partial charge in [0, 0.05) is 37.4 Å². The van der Waals surface area contributed by atoms with Gasteiger partial charge in [0.1, 0.15) is 17.3 Å². The highest BCUT2D eigenvalue weighted by atomic mass is 16.5. The summed E-state index contributed by atoms with van der Waals surface area (Å²) in [5.41, 5.74) is 2.57. The number of phenolic OH excluding ortho intramolecular Hbond substituents is 1. The molecule has 0 bridgehead atoms. The average Bonchev–Trinajstić information content (AvgIpc) is 2.87. The summed E-state index contributed by atoms with van der Waals surface area (Å²) in [7, 11) is 1.53. The van der Waals surface area contributed by atoms with Crippen molar-refractivity contribution in [1.29, 1.82) is 10.8 Å². The van der Waals surface area contributed by atoms with Crippen LogP contribution in [0.25, 0.3) is 0 Å². The first-order valence-corrected chi connectivity index (χ1v) is 12.7. The van der Waals surface area contributed by atoms with E-state index in [0.29, 0.717) is 11.4 Å². The van der Waals surface area contributed by atoms with Crippen LogP contribution in [-0.2, 0) is 16.0 Å². The number of methoxy groups -OCH3 is 1. The number of ether oxygens (including phenoxy) is 2. The van der Waals surface area contributed by atoms with Crippen LogP contribution >= 0.6 is 0 Å². The molecule has 2 aromatic rings. The van der Waals surface area contributed by atoms with Gasteiger partial charge in [0.2, 0.25) is 0 Å². The van der Waals surface area contributed by atoms with Crippen LogP contribution in [0.15, 0.2) is 36.4 Å². The van der Waals surface area contributed by atoms with Crippen molar-refractivity contribution in [2.75, 3.05) is 44.9 Å². The van der Waals surface area contributed by atoms with E-state index in [1.54, 1.807) is 12.1 Å². The van der Waals surface area contributed by atoms with E-state index < -0.39 is 11.7 Å². The zero-order chi connectivity index (χ0) is 27.1. The van der Waals surface area contributed by atoms with Gasteiger partial charge in [-0.15, -0.1) is 0 Å². The number of hydrogen-bond acceptors (Lipinski definition) is 7. The highest BCUT2D eigenvalue weighted by molar-refractivity contribution is 6.48. The summed E-state index contributed by atoms with van der Waals surface area (Å²) >= 11 is 0. The normalized spacial score (nSPS) is 14.0. The van der Waals surface area contributed by atoms with Gasteiger partial charge in [-0.2, -0.15) is 0 Å². The number of amidine groups is 2. The Balaban J connectivity index is 1.99. The molecule has 0 saturated carbocycles. The first kappa shape index (κ1) is 28.1. The van der Waals surface area contributed by atoms with Crippen LogP contribution in [0.1, 0.15) is 50.3 Å². The van der Waals surface area contributed by atoms with Gasteiger partial charge in [-0.1, -0.05) is 26.0 Å². The molecule has 0 aliphatic carbocycles. The van der Waals surface area contributed by atoms with E-state index in [9.17, 15) is 9.90 Å². The van der Waals surface area contributed by atoms with E-state index >= 15 is 0 Å². The topological polar surface area (TPSA) is 122 Å². The minimum atomic E-state index is -0.601. The zero-order valence-electron chi connectivity index (χ0n) is 22.4. The van der Waals surface area contributed by atoms with Gasteiger partial charge in [0.15, 0.2) is 5.84 Å². The van der Waals surface area contributed by atoms with E-state index in [4.69, 9.17) is 20.3 Å². The Morgan fingerprint density at radius 3 is 2.49 bits per heavy atom. The molecule has 0 radical (unpaired) electrons. The number of phenols is 1. The second-order valence-electron chi connectivity index (χ2n) is 9.80. The predicted molar refractivity (Wildman–Crippen MR) is 146 cm³/mol. The van der Waals surface area contributed by atoms with Gasteiger partial charge < -0.3 is 19.9 Å². The molecule has 1 amide bonds. The molecule has 1 aliphatic heterocycles. The molecule has 37 heavy (non-hydrogen) atoms. The van der Waals surface area contributed by atoms with Crippen LogP contribution in [-0.4, -0.2) is 73.6 Å². The number of benzene rings is 2. The van der Waals surface area contributed by atoms with Gasteiger partial charge >= 0.3 is 0 Å². The monoisotopic (exact) mass is 509 g/mol. The molecule has 1 aliphatic rings. The third-order valence-corrected chi connectivity index (χ3v) is 6.30. The smallest absolute Gasteiger partial charge is 0.287 e. The second-order valence-corrected chi connectivity index (χ2v) is 9.80. The maximum absolute atomic E-state index is 12.9. The molecule has 9 heteroatoms. The molecule has 0 unspecified atom stereocenters. The van der Waals surface area contributed by atoms with Crippen molar-refractivity contribution in [2.45, 2.75) is 46.1 Å². The fourth-order valence-corrected chi connectivity index (χ4v) is 4.29. The van der Waals surface area contributed by atoms with Gasteiger partial charge in [-0.05, 0) is 55.5 Å². The first-order valence-electron chi connectivity index (χ1n) is 12.7. The average molecular weight is 510 g/mol. The van der Waals surface area contributed by atoms with E-state index in [1.807, 2.05) is 45.9 Å². The van der Waals surface area contributed by atoms with Gasteiger partial charge in [-0.3, -0.25) is 25.4 Å². The number of rotatable bonds is 8. The lowest BCUT2D eigenvalue weighted by atomic mass is 9.97. The highest BCUT2D eigenvalue weighted by Crippen LogP contribution is 2.34. The number of nitrogens with zero attached hydrogens (tertiary/aromatic N) is 2. The Bertz CT molecular complexity index is 1130. The fraction of sp³-hybridized carbons (Fsp3) is 0.464. The Kier molecular flexibility index (Phi) is 9.66. The van der Waals surface area contributed by atoms with Gasteiger partial charge in [0.25, 0.3) is 5.91 Å². The summed E-state index contributed by atoms with van der Waals surface area (Å²) in [5, 5.41) is 31.3. The number of aromatic hydroxyl groups is 1. The summed E-state index contributed by atoms with van der Waals surface area (Å²) in [4.78, 5) is 16.5. The third-order valence-electron chi connectivity index (χ3n) is 6.30. The van der Waals surface area contributed by atoms with E-state index in [1.165, 1.54) is 18.1 Å². The summed E-state index contributed by atoms with van der Waals surface area (Å²) in [5.74, 6) is -0.731. The molecule has 0 atom stereocenters. The maximum atomic E-state index is 12.9. The molecule has 1 saturated heterocycles. The number of hydrogen-bond donors (Lipinski definition) is 4. The molecular weight excluding hydrogens is 470 g/mol. The quantitative estimate of drug-likeness (QED) is 0.318. The van der Waals surface area contributed by atoms with E-state index in [0.717, 1.165) is 50.4 Å². The van der Waals surface area contributed by atoms with Crippen LogP contribution in [0.3, 0.4) is 0 Å². The lowest BCUT2D eigenvalue weighted by Gasteiger charge is -2.28. The molecule has 4 N–H and O–H groups in total. The van der Waals surface area contributed by atoms with Crippen molar-refractivity contribution in [3.05, 3.63) is 53.1 Å². The van der Waals surface area contributed by atoms with Crippen LogP contribution in [0, 0.1) is 10.8 Å². The zero-order valence-corrected chi connectivity index (χ0v) is 22.4. The second kappa shape index (κ2) is 12.7. The van der Waals surface area contributed by atoms with Crippen molar-refractivity contribution in [3.63, 3.8) is 0 Å². The van der Waals surface area contributed by atoms with Crippen LogP contribution < -0.4 is 15.0 Å². The lowest BCUT2D eigenvalue weighted by Crippen LogP contribution is -2.47. The Morgan fingerprint density at radius 2 is 1.86 bits per heavy atom. The van der Waals surface area contributed by atoms with Crippen molar-refractivity contribution in [2.24, 2.45) is 0 Å². The Labute approximate surface area is 219 Å². The molecule has 9 nitrogen and oxygen atoms in total. The standard InChI is InChI=1S/C28H39N5O4/c1-18(2)22-16-23(24(34)17-25(22)36-5)26(29)33(27(30)28(35)31-19(3)4)21-8-6-7-20(15-21)9-10-32-11-13-37-14-12-32/h6-8,15-19,29-30,34H,9-14H2,1-5H3,(H,31,35). The number of morpholine rings is 1. The first-order chi connectivity index (χ1) is 17.6. The highest BCUT2D eigenvalue weighted by Gasteiger charge is 2.28. The van der Waals surface area contributed by atoms with E-state index in [-0.39, 0.29) is 29.1 Å². The molecule has 0 spiro atoms. The summed E-state index contributed by atoms with van der Waals surface area (Å²) in [6, 6.07) is 10.5. The molecule has 1 fully saturated rings. The minimum absolute atomic E-state index is 0.0720. The van der Waals surface area contributed by atoms with Gasteiger partial charge in [-0.25, -0.2) is 0 Å². The molecular formula is C28H39N5O4. The Hall–Kier alpha value is -3.43. The summed E-state index contributed by atoms with van der Waals surface area (Å²) in [6.07, 6.45) is 0.784. The summed E-state index contributed by atoms with van der Waals surface area (Å²) < 4.78 is 10.9. The van der Waals surface area contributed by atoms with Crippen molar-refractivity contribution < 1.29 is 19.4 Å². The molecule has 3 rings (SSSR count). The number of nitrogens with one attached hydrogen (secondary N) is 3. The summed E-state index contributed by atoms with van der Waals surface area (Å²) in [6.45, 7) is 11.7. The van der Waals surface area contributed by atoms with Crippen LogP contribution in [0.5, 0.6) is 11.5 Å². The predicted octanol–water partition coefficient (Wildman–Crippen LogP) is 3.73. The Morgan fingerprint density at radius 1 is 1.16 bits per heavy atom. The largest absolute Gasteiger partial charge is 0.507 e. The molecule has 1 heterocycles. The van der Waals surface area contributed by atoms with Crippen molar-refractivity contribution >= 4 is 23.3 Å². The van der Waals surface area contributed by atoms with Crippen molar-refractivity contribution in [3.8, 4) is 11.5 Å². The van der Waals surface area contributed by atoms with Gasteiger partial charge in [0.05, 0.1) is 25.9 Å². The maximum Gasteiger partial charge on any atom is 0.287 e. The minimum Gasteiger partial charge on any atom is -0.507 e. The van der Waals surface area contributed by atoms with Crippen LogP contribution in [0.4, 0.5) is 5.69 Å². The lowest BCUT2D eigenvalue weighted by molar-refractivity contribution is -0.115. The number of carbonyl (C=O) groups excluding carboxylic acids is 1.